The number of nitrogens with two attached hydrogens (primary N) is 1. The second kappa shape index (κ2) is 5.13. The highest BCUT2D eigenvalue weighted by Gasteiger charge is 2.28. The van der Waals surface area contributed by atoms with Crippen molar-refractivity contribution in [2.75, 3.05) is 0 Å². The summed E-state index contributed by atoms with van der Waals surface area (Å²) in [5.74, 6) is -0.727. The summed E-state index contributed by atoms with van der Waals surface area (Å²) in [5, 5.41) is 0. The molecule has 0 radical (unpaired) electrons. The Morgan fingerprint density at radius 2 is 2.00 bits per heavy atom. The van der Waals surface area contributed by atoms with Crippen LogP contribution in [0.5, 0.6) is 0 Å². The Hall–Kier alpha value is -0.960. The van der Waals surface area contributed by atoms with Crippen LogP contribution in [-0.4, -0.2) is 6.04 Å². The lowest BCUT2D eigenvalue weighted by atomic mass is 9.74. The molecule has 3 unspecified atom stereocenters. The summed E-state index contributed by atoms with van der Waals surface area (Å²) in [5.41, 5.74) is 6.94. The van der Waals surface area contributed by atoms with E-state index in [1.54, 1.807) is 6.07 Å². The van der Waals surface area contributed by atoms with E-state index in [2.05, 4.69) is 6.92 Å². The van der Waals surface area contributed by atoms with Gasteiger partial charge in [-0.1, -0.05) is 19.4 Å². The molecule has 1 aromatic rings. The van der Waals surface area contributed by atoms with Crippen LogP contribution in [-0.2, 0) is 0 Å². The number of rotatable bonds is 2. The molecule has 0 bridgehead atoms. The van der Waals surface area contributed by atoms with E-state index in [0.29, 0.717) is 5.92 Å². The van der Waals surface area contributed by atoms with Crippen molar-refractivity contribution in [1.82, 2.24) is 0 Å². The van der Waals surface area contributed by atoms with Crippen LogP contribution in [0.15, 0.2) is 18.2 Å². The Balaban J connectivity index is 2.21. The van der Waals surface area contributed by atoms with Gasteiger partial charge in [-0.05, 0) is 48.8 Å². The standard InChI is InChI=1S/C14H19F2N/c1-2-9-3-6-14(17)11(7-9)10-4-5-12(15)13(16)8-10/h4-5,8-9,11,14H,2-3,6-7,17H2,1H3. The fourth-order valence-electron chi connectivity index (χ4n) is 2.78. The first kappa shape index (κ1) is 12.5. The second-order valence-electron chi connectivity index (χ2n) is 5.03. The fraction of sp³-hybridized carbons (Fsp3) is 0.571. The van der Waals surface area contributed by atoms with Crippen LogP contribution in [0, 0.1) is 17.6 Å². The summed E-state index contributed by atoms with van der Waals surface area (Å²) in [4.78, 5) is 0. The van der Waals surface area contributed by atoms with Gasteiger partial charge in [-0.15, -0.1) is 0 Å². The summed E-state index contributed by atoms with van der Waals surface area (Å²) in [6, 6.07) is 4.24. The van der Waals surface area contributed by atoms with Gasteiger partial charge < -0.3 is 5.73 Å². The van der Waals surface area contributed by atoms with Crippen molar-refractivity contribution in [2.45, 2.75) is 44.6 Å². The Morgan fingerprint density at radius 1 is 1.24 bits per heavy atom. The normalized spacial score (nSPS) is 29.3. The Bertz CT molecular complexity index is 392. The number of halogens is 2. The molecule has 3 atom stereocenters. The minimum atomic E-state index is -0.787. The molecule has 0 aromatic heterocycles. The molecule has 0 saturated heterocycles. The van der Waals surface area contributed by atoms with E-state index in [-0.39, 0.29) is 12.0 Å². The quantitative estimate of drug-likeness (QED) is 0.838. The first-order valence-corrected chi connectivity index (χ1v) is 6.32. The molecular formula is C14H19F2N. The Labute approximate surface area is 101 Å². The maximum Gasteiger partial charge on any atom is 0.159 e. The molecule has 3 heteroatoms. The predicted molar refractivity (Wildman–Crippen MR) is 64.7 cm³/mol. The van der Waals surface area contributed by atoms with Gasteiger partial charge in [0.15, 0.2) is 11.6 Å². The zero-order valence-electron chi connectivity index (χ0n) is 10.1. The molecule has 1 fully saturated rings. The van der Waals surface area contributed by atoms with Crippen molar-refractivity contribution in [3.05, 3.63) is 35.4 Å². The van der Waals surface area contributed by atoms with E-state index in [4.69, 9.17) is 5.73 Å². The van der Waals surface area contributed by atoms with Gasteiger partial charge >= 0.3 is 0 Å². The molecule has 1 aromatic carbocycles. The SMILES string of the molecule is CCC1CCC(N)C(c2ccc(F)c(F)c2)C1. The molecule has 2 N–H and O–H groups in total. The van der Waals surface area contributed by atoms with Gasteiger partial charge in [-0.2, -0.15) is 0 Å². The van der Waals surface area contributed by atoms with Gasteiger partial charge in [0.05, 0.1) is 0 Å². The van der Waals surface area contributed by atoms with E-state index < -0.39 is 11.6 Å². The van der Waals surface area contributed by atoms with Crippen LogP contribution in [0.4, 0.5) is 8.78 Å². The fourth-order valence-corrected chi connectivity index (χ4v) is 2.78. The van der Waals surface area contributed by atoms with E-state index >= 15 is 0 Å². The largest absolute Gasteiger partial charge is 0.327 e. The molecule has 94 valence electrons. The lowest BCUT2D eigenvalue weighted by molar-refractivity contribution is 0.282. The Kier molecular flexibility index (Phi) is 3.77. The van der Waals surface area contributed by atoms with E-state index in [1.807, 2.05) is 0 Å². The average Bonchev–Trinajstić information content (AvgIpc) is 2.33. The zero-order valence-corrected chi connectivity index (χ0v) is 10.1. The third kappa shape index (κ3) is 2.65. The molecule has 1 nitrogen and oxygen atoms in total. The lowest BCUT2D eigenvalue weighted by Crippen LogP contribution is -2.34. The highest BCUT2D eigenvalue weighted by atomic mass is 19.2. The van der Waals surface area contributed by atoms with Gasteiger partial charge in [-0.25, -0.2) is 8.78 Å². The number of benzene rings is 1. The highest BCUT2D eigenvalue weighted by Crippen LogP contribution is 2.37. The molecule has 1 aliphatic rings. The summed E-state index contributed by atoms with van der Waals surface area (Å²) < 4.78 is 26.1. The van der Waals surface area contributed by atoms with Crippen LogP contribution >= 0.6 is 0 Å². The maximum atomic E-state index is 13.2. The molecule has 0 amide bonds. The van der Waals surface area contributed by atoms with Crippen molar-refractivity contribution in [2.24, 2.45) is 11.7 Å². The van der Waals surface area contributed by atoms with Crippen LogP contribution in [0.3, 0.4) is 0 Å². The van der Waals surface area contributed by atoms with Crippen molar-refractivity contribution in [1.29, 1.82) is 0 Å². The third-order valence-corrected chi connectivity index (χ3v) is 3.96. The third-order valence-electron chi connectivity index (χ3n) is 3.96. The van der Waals surface area contributed by atoms with Gasteiger partial charge in [0, 0.05) is 6.04 Å². The van der Waals surface area contributed by atoms with Gasteiger partial charge in [0.1, 0.15) is 0 Å². The zero-order chi connectivity index (χ0) is 12.4. The summed E-state index contributed by atoms with van der Waals surface area (Å²) in [7, 11) is 0. The molecule has 2 rings (SSSR count). The predicted octanol–water partition coefficient (Wildman–Crippen LogP) is 3.59. The van der Waals surface area contributed by atoms with Crippen LogP contribution in [0.1, 0.15) is 44.1 Å². The second-order valence-corrected chi connectivity index (χ2v) is 5.03. The van der Waals surface area contributed by atoms with E-state index in [9.17, 15) is 8.78 Å². The molecule has 0 spiro atoms. The monoisotopic (exact) mass is 239 g/mol. The molecule has 17 heavy (non-hydrogen) atoms. The van der Waals surface area contributed by atoms with E-state index in [1.165, 1.54) is 12.1 Å². The van der Waals surface area contributed by atoms with E-state index in [0.717, 1.165) is 31.2 Å². The molecular weight excluding hydrogens is 220 g/mol. The molecule has 0 aliphatic heterocycles. The first-order valence-electron chi connectivity index (χ1n) is 6.32. The van der Waals surface area contributed by atoms with Crippen LogP contribution in [0.25, 0.3) is 0 Å². The van der Waals surface area contributed by atoms with Gasteiger partial charge in [0.2, 0.25) is 0 Å². The van der Waals surface area contributed by atoms with Crippen LogP contribution in [0.2, 0.25) is 0 Å². The summed E-state index contributed by atoms with van der Waals surface area (Å²) >= 11 is 0. The van der Waals surface area contributed by atoms with Crippen molar-refractivity contribution >= 4 is 0 Å². The van der Waals surface area contributed by atoms with Gasteiger partial charge in [-0.3, -0.25) is 0 Å². The first-order chi connectivity index (χ1) is 8.11. The lowest BCUT2D eigenvalue weighted by Gasteiger charge is -2.34. The smallest absolute Gasteiger partial charge is 0.159 e. The minimum absolute atomic E-state index is 0.0719. The topological polar surface area (TPSA) is 26.0 Å². The molecule has 0 heterocycles. The van der Waals surface area contributed by atoms with Gasteiger partial charge in [0.25, 0.3) is 0 Å². The average molecular weight is 239 g/mol. The minimum Gasteiger partial charge on any atom is -0.327 e. The highest BCUT2D eigenvalue weighted by molar-refractivity contribution is 5.24. The van der Waals surface area contributed by atoms with Crippen molar-refractivity contribution < 1.29 is 8.78 Å². The molecule has 1 aliphatic carbocycles. The van der Waals surface area contributed by atoms with Crippen molar-refractivity contribution in [3.8, 4) is 0 Å². The summed E-state index contributed by atoms with van der Waals surface area (Å²) in [6.07, 6.45) is 4.25. The number of hydrogen-bond donors (Lipinski definition) is 1. The summed E-state index contributed by atoms with van der Waals surface area (Å²) in [6.45, 7) is 2.17. The maximum absolute atomic E-state index is 13.2. The van der Waals surface area contributed by atoms with Crippen LogP contribution < -0.4 is 5.73 Å². The molecule has 1 saturated carbocycles. The Morgan fingerprint density at radius 3 is 2.65 bits per heavy atom. The number of hydrogen-bond acceptors (Lipinski definition) is 1. The van der Waals surface area contributed by atoms with Crippen molar-refractivity contribution in [3.63, 3.8) is 0 Å².